The van der Waals surface area contributed by atoms with E-state index in [1.807, 2.05) is 11.8 Å². The molecule has 1 amide bonds. The van der Waals surface area contributed by atoms with E-state index in [2.05, 4.69) is 27.4 Å². The van der Waals surface area contributed by atoms with Gasteiger partial charge in [0.05, 0.1) is 5.60 Å². The number of guanidine groups is 1. The quantitative estimate of drug-likeness (QED) is 0.505. The van der Waals surface area contributed by atoms with E-state index in [1.165, 1.54) is 25.1 Å². The molecule has 3 atom stereocenters. The number of ether oxygens (including phenoxy) is 1. The Bertz CT molecular complexity index is 551. The molecule has 0 bridgehead atoms. The van der Waals surface area contributed by atoms with E-state index in [9.17, 15) is 4.79 Å². The number of carbonyl (C=O) groups excluding carboxylic acids is 1. The smallest absolute Gasteiger partial charge is 0.243 e. The summed E-state index contributed by atoms with van der Waals surface area (Å²) in [5, 5.41) is 7.15. The SMILES string of the molecule is CCN1CCCC1CNC(=NCC(=O)N(C)C)NC1CCOC2(CCSC2)C1. The van der Waals surface area contributed by atoms with Crippen molar-refractivity contribution < 1.29 is 9.53 Å². The first-order chi connectivity index (χ1) is 13.5. The van der Waals surface area contributed by atoms with Crippen molar-refractivity contribution in [3.8, 4) is 0 Å². The number of aliphatic imine (C=N–C) groups is 1. The zero-order chi connectivity index (χ0) is 20.0. The molecular formula is C20H37N5O2S. The summed E-state index contributed by atoms with van der Waals surface area (Å²) in [5.41, 5.74) is 0.0373. The van der Waals surface area contributed by atoms with Crippen molar-refractivity contribution in [2.75, 3.05) is 58.4 Å². The predicted octanol–water partition coefficient (Wildman–Crippen LogP) is 1.15. The van der Waals surface area contributed by atoms with E-state index in [0.29, 0.717) is 12.1 Å². The summed E-state index contributed by atoms with van der Waals surface area (Å²) in [6.45, 7) is 6.35. The van der Waals surface area contributed by atoms with Crippen LogP contribution in [0, 0.1) is 0 Å². The van der Waals surface area contributed by atoms with Crippen LogP contribution in [0.4, 0.5) is 0 Å². The summed E-state index contributed by atoms with van der Waals surface area (Å²) < 4.78 is 6.15. The molecule has 1 spiro atoms. The van der Waals surface area contributed by atoms with Gasteiger partial charge in [-0.05, 0) is 50.9 Å². The molecule has 3 heterocycles. The van der Waals surface area contributed by atoms with Crippen LogP contribution < -0.4 is 10.6 Å². The summed E-state index contributed by atoms with van der Waals surface area (Å²) in [7, 11) is 3.55. The van der Waals surface area contributed by atoms with Crippen LogP contribution in [-0.4, -0.2) is 97.7 Å². The topological polar surface area (TPSA) is 69.2 Å². The number of likely N-dealkylation sites (N-methyl/N-ethyl adjacent to an activating group) is 2. The van der Waals surface area contributed by atoms with Crippen molar-refractivity contribution in [1.82, 2.24) is 20.4 Å². The third-order valence-corrected chi connectivity index (χ3v) is 7.41. The number of likely N-dealkylation sites (tertiary alicyclic amines) is 1. The van der Waals surface area contributed by atoms with Crippen LogP contribution in [0.2, 0.25) is 0 Å². The van der Waals surface area contributed by atoms with Gasteiger partial charge < -0.3 is 20.3 Å². The molecule has 160 valence electrons. The number of hydrogen-bond acceptors (Lipinski definition) is 5. The van der Waals surface area contributed by atoms with Crippen molar-refractivity contribution in [2.45, 2.75) is 56.7 Å². The van der Waals surface area contributed by atoms with E-state index in [1.54, 1.807) is 19.0 Å². The molecule has 0 saturated carbocycles. The zero-order valence-corrected chi connectivity index (χ0v) is 18.5. The van der Waals surface area contributed by atoms with Crippen LogP contribution in [0.5, 0.6) is 0 Å². The molecule has 3 rings (SSSR count). The van der Waals surface area contributed by atoms with E-state index in [-0.39, 0.29) is 18.1 Å². The molecular weight excluding hydrogens is 374 g/mol. The fraction of sp³-hybridized carbons (Fsp3) is 0.900. The van der Waals surface area contributed by atoms with Crippen LogP contribution >= 0.6 is 11.8 Å². The maximum absolute atomic E-state index is 12.0. The largest absolute Gasteiger partial charge is 0.374 e. The Morgan fingerprint density at radius 1 is 1.39 bits per heavy atom. The third kappa shape index (κ3) is 5.76. The molecule has 8 heteroatoms. The lowest BCUT2D eigenvalue weighted by Crippen LogP contribution is -2.53. The molecule has 3 unspecified atom stereocenters. The van der Waals surface area contributed by atoms with Gasteiger partial charge in [-0.15, -0.1) is 0 Å². The van der Waals surface area contributed by atoms with Gasteiger partial charge in [-0.1, -0.05) is 6.92 Å². The van der Waals surface area contributed by atoms with Crippen molar-refractivity contribution in [3.63, 3.8) is 0 Å². The number of carbonyl (C=O) groups is 1. The van der Waals surface area contributed by atoms with Gasteiger partial charge >= 0.3 is 0 Å². The molecule has 0 aromatic carbocycles. The normalized spacial score (nSPS) is 31.3. The number of rotatable bonds is 6. The van der Waals surface area contributed by atoms with Crippen LogP contribution in [-0.2, 0) is 9.53 Å². The second-order valence-corrected chi connectivity index (χ2v) is 9.53. The van der Waals surface area contributed by atoms with Gasteiger partial charge in [0.2, 0.25) is 5.91 Å². The molecule has 0 aliphatic carbocycles. The molecule has 3 fully saturated rings. The molecule has 0 aromatic heterocycles. The first kappa shape index (κ1) is 21.7. The van der Waals surface area contributed by atoms with Crippen molar-refractivity contribution in [1.29, 1.82) is 0 Å². The van der Waals surface area contributed by atoms with Gasteiger partial charge in [0.15, 0.2) is 5.96 Å². The number of amides is 1. The highest BCUT2D eigenvalue weighted by molar-refractivity contribution is 7.99. The van der Waals surface area contributed by atoms with Gasteiger partial charge in [0.1, 0.15) is 6.54 Å². The van der Waals surface area contributed by atoms with Crippen LogP contribution in [0.3, 0.4) is 0 Å². The molecule has 2 N–H and O–H groups in total. The van der Waals surface area contributed by atoms with E-state index in [4.69, 9.17) is 4.74 Å². The standard InChI is InChI=1S/C20H37N5O2S/c1-4-25-9-5-6-17(25)13-21-19(22-14-18(26)24(2)3)23-16-7-10-27-20(12-16)8-11-28-15-20/h16-17H,4-15H2,1-3H3,(H2,21,22,23). The molecule has 3 saturated heterocycles. The van der Waals surface area contributed by atoms with Crippen LogP contribution in [0.1, 0.15) is 39.0 Å². The summed E-state index contributed by atoms with van der Waals surface area (Å²) in [4.78, 5) is 20.8. The molecule has 7 nitrogen and oxygen atoms in total. The Labute approximate surface area is 174 Å². The lowest BCUT2D eigenvalue weighted by Gasteiger charge is -2.38. The Balaban J connectivity index is 1.60. The fourth-order valence-electron chi connectivity index (χ4n) is 4.41. The lowest BCUT2D eigenvalue weighted by atomic mass is 9.90. The molecule has 0 aromatic rings. The minimum Gasteiger partial charge on any atom is -0.374 e. The average Bonchev–Trinajstić information content (AvgIpc) is 3.32. The second-order valence-electron chi connectivity index (χ2n) is 8.43. The van der Waals surface area contributed by atoms with Crippen molar-refractivity contribution >= 4 is 23.6 Å². The van der Waals surface area contributed by atoms with E-state index < -0.39 is 0 Å². The van der Waals surface area contributed by atoms with Crippen LogP contribution in [0.25, 0.3) is 0 Å². The van der Waals surface area contributed by atoms with Gasteiger partial charge in [-0.25, -0.2) is 4.99 Å². The number of thioether (sulfide) groups is 1. The maximum Gasteiger partial charge on any atom is 0.243 e. The van der Waals surface area contributed by atoms with Crippen LogP contribution in [0.15, 0.2) is 4.99 Å². The highest BCUT2D eigenvalue weighted by Gasteiger charge is 2.40. The number of nitrogens with zero attached hydrogens (tertiary/aromatic N) is 3. The molecule has 3 aliphatic heterocycles. The molecule has 0 radical (unpaired) electrons. The second kappa shape index (κ2) is 10.2. The monoisotopic (exact) mass is 411 g/mol. The highest BCUT2D eigenvalue weighted by Crippen LogP contribution is 2.38. The Hall–Kier alpha value is -0.990. The third-order valence-electron chi connectivity index (χ3n) is 6.18. The lowest BCUT2D eigenvalue weighted by molar-refractivity contribution is -0.127. The maximum atomic E-state index is 12.0. The Morgan fingerprint density at radius 3 is 2.96 bits per heavy atom. The van der Waals surface area contributed by atoms with Gasteiger partial charge in [-0.3, -0.25) is 9.69 Å². The van der Waals surface area contributed by atoms with Crippen molar-refractivity contribution in [3.05, 3.63) is 0 Å². The minimum atomic E-state index is 0.0211. The number of hydrogen-bond donors (Lipinski definition) is 2. The summed E-state index contributed by atoms with van der Waals surface area (Å²) in [5.74, 6) is 3.08. The minimum absolute atomic E-state index is 0.0211. The predicted molar refractivity (Wildman–Crippen MR) is 116 cm³/mol. The van der Waals surface area contributed by atoms with E-state index >= 15 is 0 Å². The van der Waals surface area contributed by atoms with Gasteiger partial charge in [0, 0.05) is 45.1 Å². The summed E-state index contributed by atoms with van der Waals surface area (Å²) >= 11 is 1.99. The Morgan fingerprint density at radius 2 is 2.25 bits per heavy atom. The summed E-state index contributed by atoms with van der Waals surface area (Å²) in [6.07, 6.45) is 5.64. The van der Waals surface area contributed by atoms with Crippen molar-refractivity contribution in [2.24, 2.45) is 4.99 Å². The van der Waals surface area contributed by atoms with Gasteiger partial charge in [0.25, 0.3) is 0 Å². The Kier molecular flexibility index (Phi) is 7.88. The highest BCUT2D eigenvalue weighted by atomic mass is 32.2. The average molecular weight is 412 g/mol. The summed E-state index contributed by atoms with van der Waals surface area (Å²) in [6, 6.07) is 0.896. The fourth-order valence-corrected chi connectivity index (χ4v) is 5.78. The number of nitrogens with one attached hydrogen (secondary N) is 2. The molecule has 3 aliphatic rings. The first-order valence-electron chi connectivity index (χ1n) is 10.7. The molecule has 28 heavy (non-hydrogen) atoms. The van der Waals surface area contributed by atoms with E-state index in [0.717, 1.165) is 50.7 Å². The van der Waals surface area contributed by atoms with Gasteiger partial charge in [-0.2, -0.15) is 11.8 Å². The zero-order valence-electron chi connectivity index (χ0n) is 17.7. The first-order valence-corrected chi connectivity index (χ1v) is 11.9.